The van der Waals surface area contributed by atoms with Crippen molar-refractivity contribution >= 4 is 17.9 Å². The van der Waals surface area contributed by atoms with E-state index in [1.165, 1.54) is 4.90 Å². The number of alkyl carbamates (subject to hydrolysis) is 1. The minimum atomic E-state index is -0.938. The van der Waals surface area contributed by atoms with Crippen molar-refractivity contribution in [1.82, 2.24) is 15.5 Å². The zero-order valence-corrected chi connectivity index (χ0v) is 23.2. The summed E-state index contributed by atoms with van der Waals surface area (Å²) in [5, 5.41) is 15.5. The summed E-state index contributed by atoms with van der Waals surface area (Å²) in [5.74, 6) is -0.648. The third-order valence-electron chi connectivity index (χ3n) is 5.66. The highest BCUT2D eigenvalue weighted by Gasteiger charge is 2.36. The van der Waals surface area contributed by atoms with Gasteiger partial charge in [-0.2, -0.15) is 0 Å². The van der Waals surface area contributed by atoms with Crippen LogP contribution in [0.3, 0.4) is 0 Å². The fourth-order valence-corrected chi connectivity index (χ4v) is 3.91. The van der Waals surface area contributed by atoms with Crippen LogP contribution in [0.15, 0.2) is 24.3 Å². The third-order valence-corrected chi connectivity index (χ3v) is 5.66. The summed E-state index contributed by atoms with van der Waals surface area (Å²) in [6.07, 6.45) is 3.38. The fraction of sp³-hybridized carbons (Fsp3) is 0.679. The number of nitrogens with one attached hydrogen (secondary N) is 2. The Labute approximate surface area is 217 Å². The third kappa shape index (κ3) is 11.0. The van der Waals surface area contributed by atoms with E-state index in [1.54, 1.807) is 20.8 Å². The first-order valence-corrected chi connectivity index (χ1v) is 13.2. The van der Waals surface area contributed by atoms with Gasteiger partial charge in [0.1, 0.15) is 17.7 Å². The molecule has 8 heteroatoms. The number of aliphatic hydroxyl groups excluding tert-OH is 1. The molecule has 2 atom stereocenters. The van der Waals surface area contributed by atoms with Gasteiger partial charge in [-0.3, -0.25) is 9.59 Å². The van der Waals surface area contributed by atoms with Gasteiger partial charge in [0, 0.05) is 13.1 Å². The number of rotatable bonds is 14. The molecule has 2 unspecified atom stereocenters. The molecule has 0 aromatic heterocycles. The van der Waals surface area contributed by atoms with Crippen LogP contribution < -0.4 is 10.6 Å². The van der Waals surface area contributed by atoms with Gasteiger partial charge < -0.3 is 25.4 Å². The fourth-order valence-electron chi connectivity index (χ4n) is 3.91. The lowest BCUT2D eigenvalue weighted by Gasteiger charge is -2.34. The van der Waals surface area contributed by atoms with E-state index in [-0.39, 0.29) is 25.0 Å². The Morgan fingerprint density at radius 1 is 1.06 bits per heavy atom. The number of benzene rings is 1. The molecule has 1 rings (SSSR count). The smallest absolute Gasteiger partial charge is 0.408 e. The molecule has 3 N–H and O–H groups in total. The van der Waals surface area contributed by atoms with E-state index < -0.39 is 29.7 Å². The predicted octanol–water partition coefficient (Wildman–Crippen LogP) is 4.36. The maximum Gasteiger partial charge on any atom is 0.408 e. The zero-order chi connectivity index (χ0) is 27.3. The normalized spacial score (nSPS) is 13.1. The number of ether oxygens (including phenoxy) is 1. The average Bonchev–Trinajstić information content (AvgIpc) is 2.79. The Morgan fingerprint density at radius 2 is 1.69 bits per heavy atom. The van der Waals surface area contributed by atoms with Crippen LogP contribution in [0.25, 0.3) is 0 Å². The maximum absolute atomic E-state index is 13.9. The summed E-state index contributed by atoms with van der Waals surface area (Å²) in [6, 6.07) is 5.75. The first kappa shape index (κ1) is 31.4. The van der Waals surface area contributed by atoms with E-state index in [0.29, 0.717) is 18.5 Å². The molecule has 1 aromatic rings. The topological polar surface area (TPSA) is 108 Å². The molecule has 0 heterocycles. The van der Waals surface area contributed by atoms with Crippen LogP contribution >= 0.6 is 0 Å². The maximum atomic E-state index is 13.9. The molecule has 0 aliphatic carbocycles. The van der Waals surface area contributed by atoms with Gasteiger partial charge in [0.2, 0.25) is 11.8 Å². The largest absolute Gasteiger partial charge is 0.444 e. The molecule has 0 fully saturated rings. The lowest BCUT2D eigenvalue weighted by Crippen LogP contribution is -2.54. The Balaban J connectivity index is 3.35. The lowest BCUT2D eigenvalue weighted by molar-refractivity contribution is -0.143. The second-order valence-corrected chi connectivity index (χ2v) is 10.6. The zero-order valence-electron chi connectivity index (χ0n) is 23.2. The lowest BCUT2D eigenvalue weighted by atomic mass is 9.98. The number of carbonyl (C=O) groups is 3. The molecule has 3 amide bonds. The number of aliphatic hydroxyl groups is 1. The van der Waals surface area contributed by atoms with Gasteiger partial charge in [-0.15, -0.1) is 0 Å². The van der Waals surface area contributed by atoms with Gasteiger partial charge in [-0.05, 0) is 57.1 Å². The molecule has 0 bridgehead atoms. The second-order valence-electron chi connectivity index (χ2n) is 10.6. The molecule has 0 saturated heterocycles. The van der Waals surface area contributed by atoms with Crippen LogP contribution in [-0.4, -0.2) is 59.3 Å². The molecular weight excluding hydrogens is 458 g/mol. The molecule has 8 nitrogen and oxygen atoms in total. The quantitative estimate of drug-likeness (QED) is 0.326. The number of hydrogen-bond donors (Lipinski definition) is 3. The second kappa shape index (κ2) is 15.5. The van der Waals surface area contributed by atoms with Crippen molar-refractivity contribution in [3.8, 4) is 0 Å². The minimum absolute atomic E-state index is 0.0496. The summed E-state index contributed by atoms with van der Waals surface area (Å²) in [6.45, 7) is 13.4. The summed E-state index contributed by atoms with van der Waals surface area (Å²) in [4.78, 5) is 41.2. The van der Waals surface area contributed by atoms with E-state index in [9.17, 15) is 19.5 Å². The van der Waals surface area contributed by atoms with E-state index in [1.807, 2.05) is 45.0 Å². The van der Waals surface area contributed by atoms with Crippen molar-refractivity contribution in [2.45, 2.75) is 98.3 Å². The number of hydrogen-bond acceptors (Lipinski definition) is 5. The van der Waals surface area contributed by atoms with Gasteiger partial charge in [-0.25, -0.2) is 4.79 Å². The van der Waals surface area contributed by atoms with Crippen LogP contribution in [0, 0.1) is 5.92 Å². The highest BCUT2D eigenvalue weighted by molar-refractivity contribution is 5.92. The van der Waals surface area contributed by atoms with Crippen LogP contribution in [0.5, 0.6) is 0 Å². The van der Waals surface area contributed by atoms with Crippen molar-refractivity contribution in [2.24, 2.45) is 5.92 Å². The summed E-state index contributed by atoms with van der Waals surface area (Å²) < 4.78 is 5.38. The Hall–Kier alpha value is -2.61. The molecule has 0 saturated carbocycles. The van der Waals surface area contributed by atoms with E-state index in [0.717, 1.165) is 31.2 Å². The molecular formula is C28H47N3O5. The van der Waals surface area contributed by atoms with Crippen molar-refractivity contribution in [3.05, 3.63) is 35.4 Å². The molecule has 0 aliphatic heterocycles. The molecule has 0 radical (unpaired) electrons. The monoisotopic (exact) mass is 505 g/mol. The Kier molecular flexibility index (Phi) is 13.5. The number of amides is 3. The van der Waals surface area contributed by atoms with Crippen LogP contribution in [-0.2, 0) is 20.7 Å². The predicted molar refractivity (Wildman–Crippen MR) is 143 cm³/mol. The van der Waals surface area contributed by atoms with E-state index >= 15 is 0 Å². The first-order valence-electron chi connectivity index (χ1n) is 13.2. The van der Waals surface area contributed by atoms with Crippen LogP contribution in [0.4, 0.5) is 4.79 Å². The summed E-state index contributed by atoms with van der Waals surface area (Å²) in [5.41, 5.74) is 1.05. The van der Waals surface area contributed by atoms with Gasteiger partial charge in [0.25, 0.3) is 0 Å². The van der Waals surface area contributed by atoms with E-state index in [4.69, 9.17) is 4.74 Å². The van der Waals surface area contributed by atoms with Gasteiger partial charge >= 0.3 is 6.09 Å². The van der Waals surface area contributed by atoms with Crippen molar-refractivity contribution in [1.29, 1.82) is 0 Å². The van der Waals surface area contributed by atoms with Gasteiger partial charge in [0.15, 0.2) is 0 Å². The number of nitrogens with zero attached hydrogens (tertiary/aromatic N) is 1. The SMILES string of the molecule is CCCCCNC(=O)C(c1ccc(CC)cc1)N(CCO)C(=O)C(CC(C)C)NC(=O)OC(C)(C)C. The highest BCUT2D eigenvalue weighted by atomic mass is 16.6. The van der Waals surface area contributed by atoms with Crippen LogP contribution in [0.1, 0.15) is 91.3 Å². The Morgan fingerprint density at radius 3 is 2.19 bits per heavy atom. The molecule has 0 aliphatic rings. The number of unbranched alkanes of at least 4 members (excludes halogenated alkanes) is 2. The average molecular weight is 506 g/mol. The molecule has 1 aromatic carbocycles. The van der Waals surface area contributed by atoms with Crippen molar-refractivity contribution < 1.29 is 24.2 Å². The van der Waals surface area contributed by atoms with E-state index in [2.05, 4.69) is 17.6 Å². The minimum Gasteiger partial charge on any atom is -0.444 e. The number of carbonyl (C=O) groups excluding carboxylic acids is 3. The molecule has 36 heavy (non-hydrogen) atoms. The Bertz CT molecular complexity index is 817. The summed E-state index contributed by atoms with van der Waals surface area (Å²) >= 11 is 0. The highest BCUT2D eigenvalue weighted by Crippen LogP contribution is 2.24. The molecule has 204 valence electrons. The van der Waals surface area contributed by atoms with Crippen LogP contribution in [0.2, 0.25) is 0 Å². The number of aryl methyl sites for hydroxylation is 1. The summed E-state index contributed by atoms with van der Waals surface area (Å²) in [7, 11) is 0. The van der Waals surface area contributed by atoms with Crippen molar-refractivity contribution in [2.75, 3.05) is 19.7 Å². The van der Waals surface area contributed by atoms with Gasteiger partial charge in [-0.1, -0.05) is 64.8 Å². The first-order chi connectivity index (χ1) is 16.9. The molecule has 0 spiro atoms. The van der Waals surface area contributed by atoms with Gasteiger partial charge in [0.05, 0.1) is 6.61 Å². The van der Waals surface area contributed by atoms with Crippen molar-refractivity contribution in [3.63, 3.8) is 0 Å². The standard InChI is InChI=1S/C28H47N3O5/c1-8-10-11-16-29-25(33)24(22-14-12-21(9-2)13-15-22)31(17-18-32)26(34)23(19-20(3)4)30-27(35)36-28(5,6)7/h12-15,20,23-24,32H,8-11,16-19H2,1-7H3,(H,29,33)(H,30,35).